The molecule has 0 aliphatic heterocycles. The van der Waals surface area contributed by atoms with Gasteiger partial charge in [-0.15, -0.1) is 0 Å². The fraction of sp³-hybridized carbons (Fsp3) is 0.889. The zero-order valence-electron chi connectivity index (χ0n) is 6.68. The molecule has 0 atom stereocenters. The van der Waals surface area contributed by atoms with Crippen LogP contribution in [-0.2, 0) is 4.79 Å². The summed E-state index contributed by atoms with van der Waals surface area (Å²) in [6.07, 6.45) is 5.50. The van der Waals surface area contributed by atoms with Crippen LogP contribution in [-0.4, -0.2) is 16.5 Å². The van der Waals surface area contributed by atoms with Gasteiger partial charge in [-0.3, -0.25) is 4.79 Å². The van der Waals surface area contributed by atoms with Crippen LogP contribution in [0.4, 0.5) is 0 Å². The summed E-state index contributed by atoms with van der Waals surface area (Å²) in [5, 5.41) is 9.82. The van der Waals surface area contributed by atoms with Gasteiger partial charge in [0.15, 0.2) is 5.78 Å². The smallest absolute Gasteiger partial charge is 0.167 e. The van der Waals surface area contributed by atoms with E-state index in [1.807, 2.05) is 0 Å². The fourth-order valence-corrected chi connectivity index (χ4v) is 1.93. The highest BCUT2D eigenvalue weighted by Crippen LogP contribution is 2.40. The van der Waals surface area contributed by atoms with Crippen molar-refractivity contribution in [1.29, 1.82) is 0 Å². The summed E-state index contributed by atoms with van der Waals surface area (Å²) in [6.45, 7) is 0. The van der Waals surface area contributed by atoms with Crippen LogP contribution in [0.15, 0.2) is 0 Å². The van der Waals surface area contributed by atoms with Crippen LogP contribution in [0.1, 0.15) is 38.5 Å². The van der Waals surface area contributed by atoms with Crippen molar-refractivity contribution >= 4 is 5.78 Å². The van der Waals surface area contributed by atoms with E-state index in [2.05, 4.69) is 0 Å². The number of carbonyl (C=O) groups excluding carboxylic acids is 1. The highest BCUT2D eigenvalue weighted by molar-refractivity contribution is 5.91. The van der Waals surface area contributed by atoms with E-state index in [0.717, 1.165) is 25.7 Å². The Morgan fingerprint density at radius 1 is 1.27 bits per heavy atom. The molecule has 0 saturated heterocycles. The van der Waals surface area contributed by atoms with Gasteiger partial charge < -0.3 is 5.11 Å². The first-order valence-corrected chi connectivity index (χ1v) is 4.49. The zero-order chi connectivity index (χ0) is 7.90. The molecule has 2 aliphatic carbocycles. The molecule has 2 nitrogen and oxygen atoms in total. The molecule has 0 unspecified atom stereocenters. The quantitative estimate of drug-likeness (QED) is 0.650. The maximum atomic E-state index is 11.5. The third-order valence-electron chi connectivity index (χ3n) is 2.84. The van der Waals surface area contributed by atoms with E-state index < -0.39 is 5.60 Å². The molecular formula is C9H14O2. The molecule has 0 aromatic heterocycles. The second kappa shape index (κ2) is 2.31. The standard InChI is InChI=1S/C9H14O2/c10-8(7-3-4-7)9(11)5-1-2-6-9/h7,11H,1-6H2. The van der Waals surface area contributed by atoms with Crippen molar-refractivity contribution in [3.8, 4) is 0 Å². The fourth-order valence-electron chi connectivity index (χ4n) is 1.93. The average Bonchev–Trinajstić information content (AvgIpc) is 2.74. The first kappa shape index (κ1) is 7.29. The minimum Gasteiger partial charge on any atom is -0.382 e. The highest BCUT2D eigenvalue weighted by Gasteiger charge is 2.45. The lowest BCUT2D eigenvalue weighted by molar-refractivity contribution is -0.138. The van der Waals surface area contributed by atoms with E-state index in [4.69, 9.17) is 0 Å². The van der Waals surface area contributed by atoms with Gasteiger partial charge in [0.05, 0.1) is 0 Å². The van der Waals surface area contributed by atoms with Gasteiger partial charge >= 0.3 is 0 Å². The van der Waals surface area contributed by atoms with Crippen molar-refractivity contribution in [3.63, 3.8) is 0 Å². The Kier molecular flexibility index (Phi) is 1.53. The minimum atomic E-state index is -0.902. The number of carbonyl (C=O) groups is 1. The molecule has 0 aromatic rings. The number of hydrogen-bond acceptors (Lipinski definition) is 2. The number of hydrogen-bond donors (Lipinski definition) is 1. The van der Waals surface area contributed by atoms with Gasteiger partial charge in [0.25, 0.3) is 0 Å². The summed E-state index contributed by atoms with van der Waals surface area (Å²) >= 11 is 0. The summed E-state index contributed by atoms with van der Waals surface area (Å²) in [5.41, 5.74) is -0.902. The first-order valence-electron chi connectivity index (χ1n) is 4.49. The van der Waals surface area contributed by atoms with Crippen LogP contribution in [0.25, 0.3) is 0 Å². The molecule has 2 saturated carbocycles. The van der Waals surface area contributed by atoms with Gasteiger partial charge in [-0.2, -0.15) is 0 Å². The zero-order valence-corrected chi connectivity index (χ0v) is 6.68. The molecular weight excluding hydrogens is 140 g/mol. The summed E-state index contributed by atoms with van der Waals surface area (Å²) in [6, 6.07) is 0. The maximum absolute atomic E-state index is 11.5. The topological polar surface area (TPSA) is 37.3 Å². The van der Waals surface area contributed by atoms with Crippen molar-refractivity contribution in [2.24, 2.45) is 5.92 Å². The summed E-state index contributed by atoms with van der Waals surface area (Å²) < 4.78 is 0. The Labute approximate surface area is 66.6 Å². The van der Waals surface area contributed by atoms with Crippen LogP contribution in [0.3, 0.4) is 0 Å². The molecule has 0 bridgehead atoms. The SMILES string of the molecule is O=C(C1CC1)C1(O)CCCC1. The molecule has 2 rings (SSSR count). The number of ketones is 1. The first-order chi connectivity index (χ1) is 5.22. The van der Waals surface area contributed by atoms with Crippen LogP contribution >= 0.6 is 0 Å². The van der Waals surface area contributed by atoms with Gasteiger partial charge in [-0.25, -0.2) is 0 Å². The number of rotatable bonds is 2. The molecule has 2 fully saturated rings. The molecule has 0 amide bonds. The lowest BCUT2D eigenvalue weighted by Gasteiger charge is -2.19. The number of Topliss-reactive ketones (excluding diaryl/α,β-unsaturated/α-hetero) is 1. The van der Waals surface area contributed by atoms with E-state index >= 15 is 0 Å². The molecule has 11 heavy (non-hydrogen) atoms. The molecule has 2 aliphatic rings. The largest absolute Gasteiger partial charge is 0.382 e. The highest BCUT2D eigenvalue weighted by atomic mass is 16.3. The Bertz CT molecular complexity index is 176. The van der Waals surface area contributed by atoms with E-state index in [1.165, 1.54) is 0 Å². The third kappa shape index (κ3) is 1.20. The Hall–Kier alpha value is -0.370. The van der Waals surface area contributed by atoms with Crippen molar-refractivity contribution in [2.45, 2.75) is 44.1 Å². The second-order valence-corrected chi connectivity index (χ2v) is 3.88. The molecule has 0 heterocycles. The Morgan fingerprint density at radius 2 is 1.82 bits per heavy atom. The molecule has 0 spiro atoms. The van der Waals surface area contributed by atoms with Crippen molar-refractivity contribution in [1.82, 2.24) is 0 Å². The van der Waals surface area contributed by atoms with Crippen molar-refractivity contribution < 1.29 is 9.90 Å². The summed E-state index contributed by atoms with van der Waals surface area (Å²) in [4.78, 5) is 11.5. The summed E-state index contributed by atoms with van der Waals surface area (Å²) in [7, 11) is 0. The molecule has 0 radical (unpaired) electrons. The van der Waals surface area contributed by atoms with Gasteiger partial charge in [0.2, 0.25) is 0 Å². The Balaban J connectivity index is 2.05. The lowest BCUT2D eigenvalue weighted by atomic mass is 9.93. The van der Waals surface area contributed by atoms with Gasteiger partial charge in [-0.1, -0.05) is 0 Å². The molecule has 62 valence electrons. The normalized spacial score (nSPS) is 28.8. The van der Waals surface area contributed by atoms with E-state index in [-0.39, 0.29) is 11.7 Å². The van der Waals surface area contributed by atoms with Crippen LogP contribution in [0.5, 0.6) is 0 Å². The van der Waals surface area contributed by atoms with Crippen LogP contribution < -0.4 is 0 Å². The lowest BCUT2D eigenvalue weighted by Crippen LogP contribution is -2.36. The Morgan fingerprint density at radius 3 is 2.27 bits per heavy atom. The summed E-state index contributed by atoms with van der Waals surface area (Å²) in [5.74, 6) is 0.355. The van der Waals surface area contributed by atoms with Crippen molar-refractivity contribution in [3.05, 3.63) is 0 Å². The third-order valence-corrected chi connectivity index (χ3v) is 2.84. The van der Waals surface area contributed by atoms with Gasteiger partial charge in [0.1, 0.15) is 5.60 Å². The van der Waals surface area contributed by atoms with Crippen molar-refractivity contribution in [2.75, 3.05) is 0 Å². The van der Waals surface area contributed by atoms with Gasteiger partial charge in [0, 0.05) is 5.92 Å². The second-order valence-electron chi connectivity index (χ2n) is 3.88. The van der Waals surface area contributed by atoms with E-state index in [0.29, 0.717) is 12.8 Å². The van der Waals surface area contributed by atoms with Crippen LogP contribution in [0.2, 0.25) is 0 Å². The molecule has 0 aromatic carbocycles. The molecule has 2 heteroatoms. The van der Waals surface area contributed by atoms with Crippen LogP contribution in [0, 0.1) is 5.92 Å². The van der Waals surface area contributed by atoms with E-state index in [1.54, 1.807) is 0 Å². The average molecular weight is 154 g/mol. The minimum absolute atomic E-state index is 0.134. The predicted molar refractivity (Wildman–Crippen MR) is 41.1 cm³/mol. The maximum Gasteiger partial charge on any atom is 0.167 e. The monoisotopic (exact) mass is 154 g/mol. The van der Waals surface area contributed by atoms with E-state index in [9.17, 15) is 9.90 Å². The predicted octanol–water partition coefficient (Wildman–Crippen LogP) is 1.27. The molecule has 1 N–H and O–H groups in total. The number of aliphatic hydroxyl groups is 1. The van der Waals surface area contributed by atoms with Gasteiger partial charge in [-0.05, 0) is 38.5 Å².